The van der Waals surface area contributed by atoms with Gasteiger partial charge in [0.2, 0.25) is 0 Å². The van der Waals surface area contributed by atoms with Crippen molar-refractivity contribution in [2.24, 2.45) is 0 Å². The number of nitrogens with zero attached hydrogens (tertiary/aromatic N) is 2. The molecule has 8 nitrogen and oxygen atoms in total. The highest BCUT2D eigenvalue weighted by molar-refractivity contribution is 6.30. The standard InChI is InChI=1S/C22H18ClF3N4O4/c23-14-8-6-13(7-9-14)12-30-17(27-19-18(30)20(31)29-21(32)28-19)5-2-10-33-15-3-1-4-16(11-15)34-22(24,25)26/h1,3-4,6-9,11H,2,5,10,12H2,(H2,28,29,31,32). The molecule has 34 heavy (non-hydrogen) atoms. The van der Waals surface area contributed by atoms with Crippen molar-refractivity contribution < 1.29 is 22.6 Å². The molecular formula is C22H18ClF3N4O4. The first-order valence-electron chi connectivity index (χ1n) is 10.1. The highest BCUT2D eigenvalue weighted by Crippen LogP contribution is 2.26. The van der Waals surface area contributed by atoms with Crippen molar-refractivity contribution in [3.63, 3.8) is 0 Å². The molecule has 4 rings (SSSR count). The molecule has 2 heterocycles. The molecule has 12 heteroatoms. The highest BCUT2D eigenvalue weighted by Gasteiger charge is 2.31. The van der Waals surface area contributed by atoms with Crippen LogP contribution in [-0.2, 0) is 13.0 Å². The third-order valence-corrected chi connectivity index (χ3v) is 5.08. The van der Waals surface area contributed by atoms with Crippen LogP contribution in [0.4, 0.5) is 13.2 Å². The molecule has 2 N–H and O–H groups in total. The number of aromatic nitrogens is 4. The first-order chi connectivity index (χ1) is 16.2. The minimum atomic E-state index is -4.79. The number of H-pyrrole nitrogens is 2. The monoisotopic (exact) mass is 494 g/mol. The lowest BCUT2D eigenvalue weighted by Crippen LogP contribution is -2.23. The molecule has 0 fully saturated rings. The van der Waals surface area contributed by atoms with E-state index in [9.17, 15) is 22.8 Å². The number of aryl methyl sites for hydroxylation is 1. The van der Waals surface area contributed by atoms with Crippen LogP contribution in [0.25, 0.3) is 11.2 Å². The van der Waals surface area contributed by atoms with Gasteiger partial charge in [0.25, 0.3) is 5.56 Å². The number of ether oxygens (including phenoxy) is 2. The number of nitrogens with one attached hydrogen (secondary N) is 2. The lowest BCUT2D eigenvalue weighted by molar-refractivity contribution is -0.274. The molecule has 0 radical (unpaired) electrons. The van der Waals surface area contributed by atoms with E-state index in [1.165, 1.54) is 18.2 Å². The average Bonchev–Trinajstić information content (AvgIpc) is 3.09. The zero-order valence-corrected chi connectivity index (χ0v) is 18.2. The molecule has 0 aliphatic heterocycles. The molecule has 2 aromatic carbocycles. The third kappa shape index (κ3) is 5.79. The summed E-state index contributed by atoms with van der Waals surface area (Å²) in [6, 6.07) is 12.3. The summed E-state index contributed by atoms with van der Waals surface area (Å²) in [5.41, 5.74) is 0.0278. The fraction of sp³-hybridized carbons (Fsp3) is 0.227. The van der Waals surface area contributed by atoms with Crippen molar-refractivity contribution >= 4 is 22.8 Å². The van der Waals surface area contributed by atoms with Crippen molar-refractivity contribution in [3.8, 4) is 11.5 Å². The van der Waals surface area contributed by atoms with Crippen molar-refractivity contribution in [2.45, 2.75) is 25.7 Å². The maximum Gasteiger partial charge on any atom is 0.573 e. The van der Waals surface area contributed by atoms with Crippen molar-refractivity contribution in [1.29, 1.82) is 0 Å². The lowest BCUT2D eigenvalue weighted by atomic mass is 10.2. The summed E-state index contributed by atoms with van der Waals surface area (Å²) in [6.45, 7) is 0.488. The molecule has 0 bridgehead atoms. The number of rotatable bonds is 8. The van der Waals surface area contributed by atoms with Crippen LogP contribution in [-0.4, -0.2) is 32.5 Å². The SMILES string of the molecule is O=c1[nH]c(=O)c2c(nc(CCCOc3cccc(OC(F)(F)F)c3)n2Cc2ccc(Cl)cc2)[nH]1. The van der Waals surface area contributed by atoms with Crippen LogP contribution in [0.3, 0.4) is 0 Å². The van der Waals surface area contributed by atoms with Gasteiger partial charge in [-0.1, -0.05) is 29.8 Å². The Morgan fingerprint density at radius 1 is 1.03 bits per heavy atom. The minimum absolute atomic E-state index is 0.163. The Hall–Kier alpha value is -3.73. The van der Waals surface area contributed by atoms with E-state index in [2.05, 4.69) is 19.7 Å². The van der Waals surface area contributed by atoms with Gasteiger partial charge >= 0.3 is 12.1 Å². The van der Waals surface area contributed by atoms with E-state index in [1.54, 1.807) is 16.7 Å². The fourth-order valence-corrected chi connectivity index (χ4v) is 3.56. The largest absolute Gasteiger partial charge is 0.573 e. The van der Waals surface area contributed by atoms with E-state index in [4.69, 9.17) is 16.3 Å². The minimum Gasteiger partial charge on any atom is -0.493 e. The van der Waals surface area contributed by atoms with E-state index < -0.39 is 17.6 Å². The Bertz CT molecular complexity index is 1410. The van der Waals surface area contributed by atoms with Gasteiger partial charge in [-0.25, -0.2) is 9.78 Å². The third-order valence-electron chi connectivity index (χ3n) is 4.83. The van der Waals surface area contributed by atoms with Crippen LogP contribution in [0.15, 0.2) is 58.1 Å². The van der Waals surface area contributed by atoms with Crippen LogP contribution in [0, 0.1) is 0 Å². The Morgan fingerprint density at radius 3 is 2.50 bits per heavy atom. The first-order valence-corrected chi connectivity index (χ1v) is 10.5. The van der Waals surface area contributed by atoms with E-state index in [0.29, 0.717) is 30.2 Å². The van der Waals surface area contributed by atoms with E-state index in [0.717, 1.165) is 11.6 Å². The molecule has 178 valence electrons. The maximum absolute atomic E-state index is 12.4. The van der Waals surface area contributed by atoms with E-state index >= 15 is 0 Å². The Morgan fingerprint density at radius 2 is 1.76 bits per heavy atom. The highest BCUT2D eigenvalue weighted by atomic mass is 35.5. The van der Waals surface area contributed by atoms with Gasteiger partial charge in [0.15, 0.2) is 11.2 Å². The van der Waals surface area contributed by atoms with Crippen molar-refractivity contribution in [3.05, 3.63) is 85.8 Å². The quantitative estimate of drug-likeness (QED) is 0.360. The smallest absolute Gasteiger partial charge is 0.493 e. The van der Waals surface area contributed by atoms with Crippen molar-refractivity contribution in [2.75, 3.05) is 6.61 Å². The summed E-state index contributed by atoms with van der Waals surface area (Å²) < 4.78 is 48.3. The summed E-state index contributed by atoms with van der Waals surface area (Å²) in [4.78, 5) is 33.3. The summed E-state index contributed by atoms with van der Waals surface area (Å²) in [5.74, 6) is 0.380. The molecular weight excluding hydrogens is 477 g/mol. The van der Waals surface area contributed by atoms with Crippen LogP contribution < -0.4 is 20.7 Å². The van der Waals surface area contributed by atoms with Crippen LogP contribution in [0.1, 0.15) is 17.8 Å². The second-order valence-corrected chi connectivity index (χ2v) is 7.76. The van der Waals surface area contributed by atoms with E-state index in [1.807, 2.05) is 12.1 Å². The normalized spacial score (nSPS) is 11.6. The van der Waals surface area contributed by atoms with E-state index in [-0.39, 0.29) is 29.3 Å². The zero-order valence-electron chi connectivity index (χ0n) is 17.5. The molecule has 0 saturated heterocycles. The number of halogens is 4. The van der Waals surface area contributed by atoms with Gasteiger partial charge in [-0.3, -0.25) is 14.8 Å². The van der Waals surface area contributed by atoms with Gasteiger partial charge in [-0.2, -0.15) is 0 Å². The molecule has 0 atom stereocenters. The number of fused-ring (bicyclic) bond motifs is 1. The molecule has 0 unspecified atom stereocenters. The van der Waals surface area contributed by atoms with Crippen molar-refractivity contribution in [1.82, 2.24) is 19.5 Å². The summed E-state index contributed by atoms with van der Waals surface area (Å²) in [6.07, 6.45) is -3.97. The average molecular weight is 495 g/mol. The lowest BCUT2D eigenvalue weighted by Gasteiger charge is -2.11. The number of alkyl halides is 3. The molecule has 0 aliphatic rings. The van der Waals surface area contributed by atoms with Gasteiger partial charge in [0.1, 0.15) is 17.3 Å². The fourth-order valence-electron chi connectivity index (χ4n) is 3.43. The zero-order chi connectivity index (χ0) is 24.3. The Balaban J connectivity index is 1.50. The van der Waals surface area contributed by atoms with Gasteiger partial charge in [-0.05, 0) is 36.2 Å². The maximum atomic E-state index is 12.4. The summed E-state index contributed by atoms with van der Waals surface area (Å²) in [5, 5.41) is 0.573. The van der Waals surface area contributed by atoms with Crippen LogP contribution in [0.5, 0.6) is 11.5 Å². The van der Waals surface area contributed by atoms with Gasteiger partial charge < -0.3 is 14.0 Å². The number of hydrogen-bond acceptors (Lipinski definition) is 5. The predicted molar refractivity (Wildman–Crippen MR) is 118 cm³/mol. The summed E-state index contributed by atoms with van der Waals surface area (Å²) in [7, 11) is 0. The molecule has 0 aliphatic carbocycles. The number of hydrogen-bond donors (Lipinski definition) is 2. The number of imidazole rings is 1. The topological polar surface area (TPSA) is 102 Å². The predicted octanol–water partition coefficient (Wildman–Crippen LogP) is 4.02. The molecule has 2 aromatic heterocycles. The van der Waals surface area contributed by atoms with Crippen LogP contribution in [0.2, 0.25) is 5.02 Å². The Labute approximate surface area is 194 Å². The van der Waals surface area contributed by atoms with Crippen LogP contribution >= 0.6 is 11.6 Å². The molecule has 0 amide bonds. The number of benzene rings is 2. The number of aromatic amines is 2. The first kappa shape index (κ1) is 23.4. The molecule has 4 aromatic rings. The summed E-state index contributed by atoms with van der Waals surface area (Å²) >= 11 is 5.95. The second kappa shape index (κ2) is 9.64. The Kier molecular flexibility index (Phi) is 6.64. The second-order valence-electron chi connectivity index (χ2n) is 7.32. The van der Waals surface area contributed by atoms with Gasteiger partial charge in [0, 0.05) is 24.1 Å². The molecule has 0 spiro atoms. The molecule has 0 saturated carbocycles. The van der Waals surface area contributed by atoms with Gasteiger partial charge in [0.05, 0.1) is 6.61 Å². The van der Waals surface area contributed by atoms with Gasteiger partial charge in [-0.15, -0.1) is 13.2 Å².